The molecule has 0 saturated carbocycles. The van der Waals surface area contributed by atoms with E-state index in [4.69, 9.17) is 4.74 Å². The van der Waals surface area contributed by atoms with Gasteiger partial charge in [-0.05, 0) is 58.6 Å². The van der Waals surface area contributed by atoms with Crippen LogP contribution in [0.4, 0.5) is 0 Å². The maximum absolute atomic E-state index is 5.98. The molecule has 3 rings (SSSR count). The summed E-state index contributed by atoms with van der Waals surface area (Å²) in [5, 5.41) is 3.42. The molecule has 0 aromatic heterocycles. The fraction of sp³-hybridized carbons (Fsp3) is 0.333. The number of ether oxygens (including phenoxy) is 1. The number of hydrogen-bond acceptors (Lipinski definition) is 2. The van der Waals surface area contributed by atoms with Crippen LogP contribution in [0.1, 0.15) is 12.8 Å². The molecule has 1 atom stereocenters. The summed E-state index contributed by atoms with van der Waals surface area (Å²) in [6, 6.07) is 16.7. The van der Waals surface area contributed by atoms with Crippen molar-refractivity contribution >= 4 is 28.3 Å². The zero-order valence-corrected chi connectivity index (χ0v) is 14.8. The predicted octanol–water partition coefficient (Wildman–Crippen LogP) is 4.92. The molecule has 2 aromatic carbocycles. The van der Waals surface area contributed by atoms with Gasteiger partial charge in [-0.2, -0.15) is 0 Å². The van der Waals surface area contributed by atoms with E-state index in [1.807, 2.05) is 6.07 Å². The lowest BCUT2D eigenvalue weighted by atomic mass is 10.0. The Hall–Kier alpha value is -1.03. The van der Waals surface area contributed by atoms with Gasteiger partial charge in [-0.3, -0.25) is 0 Å². The first kappa shape index (κ1) is 17.3. The van der Waals surface area contributed by atoms with Crippen LogP contribution in [0.25, 0.3) is 11.1 Å². The van der Waals surface area contributed by atoms with Crippen LogP contribution in [0.3, 0.4) is 0 Å². The molecule has 1 fully saturated rings. The lowest BCUT2D eigenvalue weighted by Crippen LogP contribution is -2.33. The summed E-state index contributed by atoms with van der Waals surface area (Å²) in [6.07, 6.45) is 2.51. The molecular weight excluding hydrogens is 362 g/mol. The zero-order valence-electron chi connectivity index (χ0n) is 12.4. The van der Waals surface area contributed by atoms with Crippen molar-refractivity contribution in [3.8, 4) is 16.9 Å². The van der Waals surface area contributed by atoms with Crippen molar-refractivity contribution < 1.29 is 4.74 Å². The second-order valence-corrected chi connectivity index (χ2v) is 6.39. The van der Waals surface area contributed by atoms with E-state index in [1.54, 1.807) is 0 Å². The first-order valence-electron chi connectivity index (χ1n) is 7.51. The van der Waals surface area contributed by atoms with Crippen molar-refractivity contribution in [2.75, 3.05) is 19.7 Å². The van der Waals surface area contributed by atoms with Crippen molar-refractivity contribution in [1.82, 2.24) is 5.32 Å². The van der Waals surface area contributed by atoms with Crippen LogP contribution in [-0.2, 0) is 0 Å². The zero-order chi connectivity index (χ0) is 14.5. The summed E-state index contributed by atoms with van der Waals surface area (Å²) < 4.78 is 7.00. The second-order valence-electron chi connectivity index (χ2n) is 5.53. The molecule has 22 heavy (non-hydrogen) atoms. The summed E-state index contributed by atoms with van der Waals surface area (Å²) in [6.45, 7) is 3.00. The van der Waals surface area contributed by atoms with Crippen molar-refractivity contribution in [2.45, 2.75) is 12.8 Å². The Kier molecular flexibility index (Phi) is 6.74. The van der Waals surface area contributed by atoms with Gasteiger partial charge in [-0.15, -0.1) is 12.4 Å². The van der Waals surface area contributed by atoms with Crippen LogP contribution >= 0.6 is 28.3 Å². The molecular formula is C18H21BrClNO. The molecule has 0 aliphatic carbocycles. The van der Waals surface area contributed by atoms with Gasteiger partial charge in [0, 0.05) is 12.5 Å². The van der Waals surface area contributed by atoms with Gasteiger partial charge >= 0.3 is 0 Å². The summed E-state index contributed by atoms with van der Waals surface area (Å²) in [5.74, 6) is 1.56. The highest BCUT2D eigenvalue weighted by molar-refractivity contribution is 9.10. The third-order valence-electron chi connectivity index (χ3n) is 3.91. The summed E-state index contributed by atoms with van der Waals surface area (Å²) in [7, 11) is 0. The molecule has 1 saturated heterocycles. The molecule has 1 heterocycles. The lowest BCUT2D eigenvalue weighted by Gasteiger charge is -2.23. The summed E-state index contributed by atoms with van der Waals surface area (Å²) in [5.41, 5.74) is 2.43. The summed E-state index contributed by atoms with van der Waals surface area (Å²) >= 11 is 3.63. The van der Waals surface area contributed by atoms with Gasteiger partial charge in [-0.1, -0.05) is 36.4 Å². The molecule has 4 heteroatoms. The molecule has 0 radical (unpaired) electrons. The SMILES string of the molecule is Brc1cc(-c2ccccc2)ccc1OCC1CCCNC1.Cl. The van der Waals surface area contributed by atoms with E-state index in [-0.39, 0.29) is 12.4 Å². The van der Waals surface area contributed by atoms with E-state index in [0.29, 0.717) is 5.92 Å². The van der Waals surface area contributed by atoms with E-state index >= 15 is 0 Å². The lowest BCUT2D eigenvalue weighted by molar-refractivity contribution is 0.217. The topological polar surface area (TPSA) is 21.3 Å². The van der Waals surface area contributed by atoms with Crippen LogP contribution in [0, 0.1) is 5.92 Å². The first-order valence-corrected chi connectivity index (χ1v) is 8.31. The minimum absolute atomic E-state index is 0. The molecule has 2 aromatic rings. The number of nitrogens with one attached hydrogen (secondary N) is 1. The number of halogens is 2. The number of rotatable bonds is 4. The molecule has 118 valence electrons. The quantitative estimate of drug-likeness (QED) is 0.810. The molecule has 0 bridgehead atoms. The van der Waals surface area contributed by atoms with Crippen LogP contribution in [0.15, 0.2) is 53.0 Å². The van der Waals surface area contributed by atoms with Crippen molar-refractivity contribution in [1.29, 1.82) is 0 Å². The smallest absolute Gasteiger partial charge is 0.133 e. The Bertz CT molecular complexity index is 585. The molecule has 0 spiro atoms. The average molecular weight is 383 g/mol. The third-order valence-corrected chi connectivity index (χ3v) is 4.53. The van der Waals surface area contributed by atoms with Gasteiger partial charge in [0.2, 0.25) is 0 Å². The second kappa shape index (κ2) is 8.56. The molecule has 1 N–H and O–H groups in total. The fourth-order valence-corrected chi connectivity index (χ4v) is 3.20. The van der Waals surface area contributed by atoms with Gasteiger partial charge < -0.3 is 10.1 Å². The van der Waals surface area contributed by atoms with E-state index in [1.165, 1.54) is 24.0 Å². The molecule has 0 amide bonds. The molecule has 1 aliphatic rings. The predicted molar refractivity (Wildman–Crippen MR) is 97.9 cm³/mol. The normalized spacial score (nSPS) is 17.6. The number of piperidine rings is 1. The van der Waals surface area contributed by atoms with Crippen molar-refractivity contribution in [3.63, 3.8) is 0 Å². The van der Waals surface area contributed by atoms with Crippen LogP contribution in [0.5, 0.6) is 5.75 Å². The number of hydrogen-bond donors (Lipinski definition) is 1. The fourth-order valence-electron chi connectivity index (χ4n) is 2.70. The highest BCUT2D eigenvalue weighted by Gasteiger charge is 2.14. The van der Waals surface area contributed by atoms with Gasteiger partial charge in [0.15, 0.2) is 0 Å². The van der Waals surface area contributed by atoms with Gasteiger partial charge in [0.1, 0.15) is 5.75 Å². The molecule has 1 unspecified atom stereocenters. The van der Waals surface area contributed by atoms with Crippen molar-refractivity contribution in [3.05, 3.63) is 53.0 Å². The van der Waals surface area contributed by atoms with Gasteiger partial charge in [0.05, 0.1) is 11.1 Å². The van der Waals surface area contributed by atoms with Crippen LogP contribution in [-0.4, -0.2) is 19.7 Å². The van der Waals surface area contributed by atoms with E-state index in [0.717, 1.165) is 29.9 Å². The monoisotopic (exact) mass is 381 g/mol. The molecule has 2 nitrogen and oxygen atoms in total. The average Bonchev–Trinajstić information content (AvgIpc) is 2.55. The molecule has 1 aliphatic heterocycles. The maximum Gasteiger partial charge on any atom is 0.133 e. The van der Waals surface area contributed by atoms with Crippen LogP contribution in [0.2, 0.25) is 0 Å². The number of benzene rings is 2. The van der Waals surface area contributed by atoms with Gasteiger partial charge in [0.25, 0.3) is 0 Å². The Morgan fingerprint density at radius 1 is 1.09 bits per heavy atom. The minimum Gasteiger partial charge on any atom is -0.492 e. The highest BCUT2D eigenvalue weighted by atomic mass is 79.9. The van der Waals surface area contributed by atoms with E-state index < -0.39 is 0 Å². The Morgan fingerprint density at radius 2 is 1.91 bits per heavy atom. The first-order chi connectivity index (χ1) is 10.3. The van der Waals surface area contributed by atoms with Gasteiger partial charge in [-0.25, -0.2) is 0 Å². The van der Waals surface area contributed by atoms with Crippen LogP contribution < -0.4 is 10.1 Å². The highest BCUT2D eigenvalue weighted by Crippen LogP contribution is 2.31. The van der Waals surface area contributed by atoms with E-state index in [9.17, 15) is 0 Å². The minimum atomic E-state index is 0. The Balaban J connectivity index is 0.00000176. The largest absolute Gasteiger partial charge is 0.492 e. The van der Waals surface area contributed by atoms with E-state index in [2.05, 4.69) is 63.7 Å². The Morgan fingerprint density at radius 3 is 2.59 bits per heavy atom. The Labute approximate surface area is 146 Å². The third kappa shape index (κ3) is 4.48. The maximum atomic E-state index is 5.98. The van der Waals surface area contributed by atoms with Crippen molar-refractivity contribution in [2.24, 2.45) is 5.92 Å². The summed E-state index contributed by atoms with van der Waals surface area (Å²) in [4.78, 5) is 0. The standard InChI is InChI=1S/C18H20BrNO.ClH/c19-17-11-16(15-6-2-1-3-7-15)8-9-18(17)21-13-14-5-4-10-20-12-14;/h1-3,6-9,11,14,20H,4-5,10,12-13H2;1H.